The molecular formula is C24H32FN5O4. The van der Waals surface area contributed by atoms with Crippen LogP contribution in [0, 0.1) is 0 Å². The van der Waals surface area contributed by atoms with Crippen LogP contribution in [0.1, 0.15) is 56.9 Å². The molecule has 0 unspecified atom stereocenters. The number of amides is 3. The van der Waals surface area contributed by atoms with Gasteiger partial charge in [0.15, 0.2) is 0 Å². The zero-order chi connectivity index (χ0) is 24.7. The van der Waals surface area contributed by atoms with E-state index in [1.165, 1.54) is 11.1 Å². The SMILES string of the molecule is CC(C)(C)OC(=O)N[C@@H](CCCCNC(=O)c1cnc2ccccc2n1)C(=O)N1CC[C@H](F)C1. The van der Waals surface area contributed by atoms with Gasteiger partial charge in [0.05, 0.1) is 23.8 Å². The molecule has 9 nitrogen and oxygen atoms in total. The van der Waals surface area contributed by atoms with Gasteiger partial charge in [0.1, 0.15) is 23.5 Å². The number of halogens is 1. The lowest BCUT2D eigenvalue weighted by Gasteiger charge is -2.26. The molecule has 1 aliphatic rings. The number of rotatable bonds is 8. The summed E-state index contributed by atoms with van der Waals surface area (Å²) in [5.41, 5.74) is 0.880. The fourth-order valence-corrected chi connectivity index (χ4v) is 3.68. The molecule has 0 aliphatic carbocycles. The maximum Gasteiger partial charge on any atom is 0.408 e. The maximum absolute atomic E-state index is 13.6. The second-order valence-corrected chi connectivity index (χ2v) is 9.36. The normalized spacial score (nSPS) is 16.8. The van der Waals surface area contributed by atoms with E-state index in [2.05, 4.69) is 20.6 Å². The summed E-state index contributed by atoms with van der Waals surface area (Å²) < 4.78 is 18.9. The van der Waals surface area contributed by atoms with Gasteiger partial charge >= 0.3 is 6.09 Å². The summed E-state index contributed by atoms with van der Waals surface area (Å²) in [5, 5.41) is 5.43. The molecule has 1 aromatic heterocycles. The Morgan fingerprint density at radius 3 is 2.62 bits per heavy atom. The molecule has 0 bridgehead atoms. The van der Waals surface area contributed by atoms with E-state index in [0.29, 0.717) is 49.8 Å². The van der Waals surface area contributed by atoms with Crippen LogP contribution in [-0.2, 0) is 9.53 Å². The fraction of sp³-hybridized carbons (Fsp3) is 0.542. The summed E-state index contributed by atoms with van der Waals surface area (Å²) in [6.45, 7) is 5.95. The molecule has 3 rings (SSSR count). The van der Waals surface area contributed by atoms with E-state index in [1.807, 2.05) is 18.2 Å². The molecule has 2 N–H and O–H groups in total. The fourth-order valence-electron chi connectivity index (χ4n) is 3.68. The highest BCUT2D eigenvalue weighted by Gasteiger charge is 2.32. The van der Waals surface area contributed by atoms with Gasteiger partial charge in [-0.2, -0.15) is 0 Å². The quantitative estimate of drug-likeness (QED) is 0.570. The topological polar surface area (TPSA) is 114 Å². The average Bonchev–Trinajstić information content (AvgIpc) is 3.22. The molecule has 2 aromatic rings. The van der Waals surface area contributed by atoms with E-state index < -0.39 is 23.9 Å². The lowest BCUT2D eigenvalue weighted by molar-refractivity contribution is -0.132. The number of alkyl carbamates (subject to hydrolysis) is 1. The van der Waals surface area contributed by atoms with Gasteiger partial charge in [0.25, 0.3) is 5.91 Å². The van der Waals surface area contributed by atoms with Gasteiger partial charge in [-0.25, -0.2) is 14.2 Å². The number of hydrogen-bond acceptors (Lipinski definition) is 6. The zero-order valence-electron chi connectivity index (χ0n) is 19.8. The van der Waals surface area contributed by atoms with Crippen molar-refractivity contribution in [1.29, 1.82) is 0 Å². The molecular weight excluding hydrogens is 441 g/mol. The van der Waals surface area contributed by atoms with E-state index in [1.54, 1.807) is 26.8 Å². The van der Waals surface area contributed by atoms with Crippen molar-refractivity contribution in [3.8, 4) is 0 Å². The molecule has 184 valence electrons. The Labute approximate surface area is 198 Å². The standard InChI is InChI=1S/C24H32FN5O4/c1-24(2,3)34-23(33)29-19(22(32)30-13-11-16(25)15-30)10-6-7-12-26-21(31)20-14-27-17-8-4-5-9-18(17)28-20/h4-5,8-9,14,16,19H,6-7,10-13,15H2,1-3H3,(H,26,31)(H,29,33)/t16-,19-/m0/s1. The van der Waals surface area contributed by atoms with Crippen molar-refractivity contribution in [2.45, 2.75) is 64.3 Å². The first-order valence-corrected chi connectivity index (χ1v) is 11.5. The van der Waals surface area contributed by atoms with Crippen LogP contribution in [0.15, 0.2) is 30.5 Å². The van der Waals surface area contributed by atoms with Crippen molar-refractivity contribution in [3.63, 3.8) is 0 Å². The Balaban J connectivity index is 1.49. The van der Waals surface area contributed by atoms with Crippen molar-refractivity contribution in [2.24, 2.45) is 0 Å². The summed E-state index contributed by atoms with van der Waals surface area (Å²) in [7, 11) is 0. The summed E-state index contributed by atoms with van der Waals surface area (Å²) in [6.07, 6.45) is 1.49. The third-order valence-corrected chi connectivity index (χ3v) is 5.32. The van der Waals surface area contributed by atoms with Gasteiger partial charge in [-0.05, 0) is 58.6 Å². The number of carbonyl (C=O) groups is 3. The van der Waals surface area contributed by atoms with Crippen LogP contribution in [0.4, 0.5) is 9.18 Å². The number of carbonyl (C=O) groups excluding carboxylic acids is 3. The molecule has 1 fully saturated rings. The van der Waals surface area contributed by atoms with Crippen molar-refractivity contribution in [2.75, 3.05) is 19.6 Å². The molecule has 0 saturated carbocycles. The second kappa shape index (κ2) is 11.2. The second-order valence-electron chi connectivity index (χ2n) is 9.36. The maximum atomic E-state index is 13.6. The minimum absolute atomic E-state index is 0.0359. The predicted molar refractivity (Wildman–Crippen MR) is 125 cm³/mol. The monoisotopic (exact) mass is 473 g/mol. The molecule has 0 radical (unpaired) electrons. The van der Waals surface area contributed by atoms with Gasteiger partial charge in [-0.3, -0.25) is 14.6 Å². The highest BCUT2D eigenvalue weighted by molar-refractivity contribution is 5.93. The summed E-state index contributed by atoms with van der Waals surface area (Å²) in [6, 6.07) is 6.48. The number of alkyl halides is 1. The van der Waals surface area contributed by atoms with Crippen LogP contribution in [0.2, 0.25) is 0 Å². The summed E-state index contributed by atoms with van der Waals surface area (Å²) in [5.74, 6) is -0.648. The Morgan fingerprint density at radius 1 is 1.21 bits per heavy atom. The highest BCUT2D eigenvalue weighted by atomic mass is 19.1. The number of para-hydroxylation sites is 2. The third-order valence-electron chi connectivity index (χ3n) is 5.32. The van der Waals surface area contributed by atoms with Crippen molar-refractivity contribution in [1.82, 2.24) is 25.5 Å². The van der Waals surface area contributed by atoms with Crippen LogP contribution < -0.4 is 10.6 Å². The van der Waals surface area contributed by atoms with Gasteiger partial charge in [-0.1, -0.05) is 12.1 Å². The number of benzene rings is 1. The largest absolute Gasteiger partial charge is 0.444 e. The molecule has 34 heavy (non-hydrogen) atoms. The number of fused-ring (bicyclic) bond motifs is 1. The minimum atomic E-state index is -1.04. The van der Waals surface area contributed by atoms with Crippen LogP contribution in [0.25, 0.3) is 11.0 Å². The van der Waals surface area contributed by atoms with E-state index in [-0.39, 0.29) is 24.1 Å². The number of ether oxygens (including phenoxy) is 1. The van der Waals surface area contributed by atoms with Crippen molar-refractivity contribution in [3.05, 3.63) is 36.2 Å². The lowest BCUT2D eigenvalue weighted by Crippen LogP contribution is -2.49. The molecule has 2 atom stereocenters. The number of nitrogens with zero attached hydrogens (tertiary/aromatic N) is 3. The zero-order valence-corrected chi connectivity index (χ0v) is 19.8. The minimum Gasteiger partial charge on any atom is -0.444 e. The highest BCUT2D eigenvalue weighted by Crippen LogP contribution is 2.16. The number of aromatic nitrogens is 2. The van der Waals surface area contributed by atoms with Crippen LogP contribution in [0.5, 0.6) is 0 Å². The third kappa shape index (κ3) is 7.36. The molecule has 1 saturated heterocycles. The van der Waals surface area contributed by atoms with Crippen LogP contribution in [-0.4, -0.2) is 70.2 Å². The lowest BCUT2D eigenvalue weighted by atomic mass is 10.1. The Morgan fingerprint density at radius 2 is 1.94 bits per heavy atom. The Hall–Kier alpha value is -3.30. The first-order valence-electron chi connectivity index (χ1n) is 11.5. The predicted octanol–water partition coefficient (Wildman–Crippen LogP) is 2.99. The smallest absolute Gasteiger partial charge is 0.408 e. The molecule has 2 heterocycles. The van der Waals surface area contributed by atoms with Crippen LogP contribution >= 0.6 is 0 Å². The Kier molecular flexibility index (Phi) is 8.36. The van der Waals surface area contributed by atoms with E-state index in [4.69, 9.17) is 4.74 Å². The first-order chi connectivity index (χ1) is 16.1. The van der Waals surface area contributed by atoms with E-state index in [9.17, 15) is 18.8 Å². The van der Waals surface area contributed by atoms with Crippen LogP contribution in [0.3, 0.4) is 0 Å². The molecule has 10 heteroatoms. The molecule has 1 aliphatic heterocycles. The molecule has 1 aromatic carbocycles. The van der Waals surface area contributed by atoms with Gasteiger partial charge in [-0.15, -0.1) is 0 Å². The van der Waals surface area contributed by atoms with Crippen molar-refractivity contribution >= 4 is 28.9 Å². The number of hydrogen-bond donors (Lipinski definition) is 2. The molecule has 3 amide bonds. The van der Waals surface area contributed by atoms with Gasteiger partial charge in [0, 0.05) is 13.1 Å². The van der Waals surface area contributed by atoms with Gasteiger partial charge in [0.2, 0.25) is 5.91 Å². The average molecular weight is 474 g/mol. The summed E-state index contributed by atoms with van der Waals surface area (Å²) in [4.78, 5) is 47.5. The Bertz CT molecular complexity index is 1030. The number of likely N-dealkylation sites (tertiary alicyclic amines) is 1. The summed E-state index contributed by atoms with van der Waals surface area (Å²) >= 11 is 0. The number of unbranched alkanes of at least 4 members (excludes halogenated alkanes) is 1. The van der Waals surface area contributed by atoms with E-state index in [0.717, 1.165) is 0 Å². The number of nitrogens with one attached hydrogen (secondary N) is 2. The molecule has 0 spiro atoms. The van der Waals surface area contributed by atoms with Gasteiger partial charge < -0.3 is 20.3 Å². The first kappa shape index (κ1) is 25.3. The van der Waals surface area contributed by atoms with Crippen molar-refractivity contribution < 1.29 is 23.5 Å². The van der Waals surface area contributed by atoms with E-state index >= 15 is 0 Å².